The Morgan fingerprint density at radius 2 is 2.00 bits per heavy atom. The van der Waals surface area contributed by atoms with E-state index >= 15 is 0 Å². The van der Waals surface area contributed by atoms with Gasteiger partial charge in [-0.05, 0) is 19.3 Å². The van der Waals surface area contributed by atoms with Gasteiger partial charge in [-0.1, -0.05) is 27.2 Å². The summed E-state index contributed by atoms with van der Waals surface area (Å²) in [5.41, 5.74) is 7.90. The highest BCUT2D eigenvalue weighted by Crippen LogP contribution is 2.24. The minimum absolute atomic E-state index is 0.396. The number of rotatable bonds is 5. The van der Waals surface area contributed by atoms with Crippen molar-refractivity contribution in [3.8, 4) is 0 Å². The highest BCUT2D eigenvalue weighted by Gasteiger charge is 2.15. The maximum Gasteiger partial charge on any atom is 0.147 e. The molecular formula is C12H24N4. The third kappa shape index (κ3) is 2.68. The van der Waals surface area contributed by atoms with Crippen LogP contribution in [0.25, 0.3) is 0 Å². The van der Waals surface area contributed by atoms with Crippen LogP contribution in [0.3, 0.4) is 0 Å². The average Bonchev–Trinajstić information content (AvgIpc) is 2.46. The number of aryl methyl sites for hydroxylation is 2. The Morgan fingerprint density at radius 1 is 1.38 bits per heavy atom. The molecule has 1 rings (SSSR count). The molecule has 0 bridgehead atoms. The lowest BCUT2D eigenvalue weighted by atomic mass is 10.1. The van der Waals surface area contributed by atoms with E-state index in [0.29, 0.717) is 12.0 Å². The highest BCUT2D eigenvalue weighted by molar-refractivity contribution is 5.65. The van der Waals surface area contributed by atoms with Crippen molar-refractivity contribution in [2.75, 3.05) is 11.1 Å². The quantitative estimate of drug-likeness (QED) is 0.807. The average molecular weight is 224 g/mol. The number of nitrogen functional groups attached to an aromatic ring is 1. The first-order chi connectivity index (χ1) is 7.47. The number of hydrogen-bond acceptors (Lipinski definition) is 3. The van der Waals surface area contributed by atoms with E-state index in [4.69, 9.17) is 5.73 Å². The Labute approximate surface area is 98.2 Å². The second-order valence-electron chi connectivity index (χ2n) is 4.76. The van der Waals surface area contributed by atoms with Gasteiger partial charge in [-0.2, -0.15) is 5.10 Å². The van der Waals surface area contributed by atoms with Crippen LogP contribution in [-0.2, 0) is 13.5 Å². The normalized spacial score (nSPS) is 13.1. The number of nitrogens with zero attached hydrogens (tertiary/aromatic N) is 2. The maximum atomic E-state index is 6.09. The molecule has 1 unspecified atom stereocenters. The van der Waals surface area contributed by atoms with Crippen molar-refractivity contribution in [2.45, 2.75) is 46.6 Å². The van der Waals surface area contributed by atoms with Gasteiger partial charge in [-0.15, -0.1) is 0 Å². The number of hydrogen-bond donors (Lipinski definition) is 2. The molecule has 1 atom stereocenters. The van der Waals surface area contributed by atoms with Crippen molar-refractivity contribution in [2.24, 2.45) is 13.0 Å². The summed E-state index contributed by atoms with van der Waals surface area (Å²) in [6, 6.07) is 0.396. The van der Waals surface area contributed by atoms with E-state index in [-0.39, 0.29) is 0 Å². The lowest BCUT2D eigenvalue weighted by Crippen LogP contribution is -2.23. The zero-order valence-corrected chi connectivity index (χ0v) is 11.0. The zero-order valence-electron chi connectivity index (χ0n) is 11.0. The largest absolute Gasteiger partial charge is 0.394 e. The summed E-state index contributed by atoms with van der Waals surface area (Å²) >= 11 is 0. The van der Waals surface area contributed by atoms with E-state index in [0.717, 1.165) is 30.0 Å². The van der Waals surface area contributed by atoms with E-state index in [1.54, 1.807) is 0 Å². The smallest absolute Gasteiger partial charge is 0.147 e. The lowest BCUT2D eigenvalue weighted by molar-refractivity contribution is 0.554. The Bertz CT molecular complexity index is 341. The van der Waals surface area contributed by atoms with E-state index < -0.39 is 0 Å². The van der Waals surface area contributed by atoms with Gasteiger partial charge in [0.25, 0.3) is 0 Å². The fourth-order valence-electron chi connectivity index (χ4n) is 1.57. The fourth-order valence-corrected chi connectivity index (χ4v) is 1.57. The molecule has 0 saturated carbocycles. The first-order valence-electron chi connectivity index (χ1n) is 6.05. The lowest BCUT2D eigenvalue weighted by Gasteiger charge is -2.19. The summed E-state index contributed by atoms with van der Waals surface area (Å²) in [5.74, 6) is 1.52. The van der Waals surface area contributed by atoms with Gasteiger partial charge in [0.05, 0.1) is 11.4 Å². The second-order valence-corrected chi connectivity index (χ2v) is 4.76. The van der Waals surface area contributed by atoms with Crippen molar-refractivity contribution < 1.29 is 0 Å². The molecule has 4 heteroatoms. The molecule has 0 fully saturated rings. The molecule has 1 aromatic rings. The molecule has 1 aromatic heterocycles. The first-order valence-corrected chi connectivity index (χ1v) is 6.05. The Hall–Kier alpha value is -1.19. The second kappa shape index (κ2) is 5.23. The van der Waals surface area contributed by atoms with E-state index in [1.165, 1.54) is 0 Å². The van der Waals surface area contributed by atoms with Crippen molar-refractivity contribution in [1.82, 2.24) is 9.78 Å². The summed E-state index contributed by atoms with van der Waals surface area (Å²) in [6.07, 6.45) is 2.01. The Morgan fingerprint density at radius 3 is 2.50 bits per heavy atom. The third-order valence-corrected chi connectivity index (χ3v) is 3.01. The van der Waals surface area contributed by atoms with Gasteiger partial charge >= 0.3 is 0 Å². The first kappa shape index (κ1) is 12.9. The standard InChI is InChI=1S/C12H24N4/c1-6-7-10-11(13)12(16(5)15-10)14-9(4)8(2)3/h8-9,14H,6-7,13H2,1-5H3. The molecule has 0 spiro atoms. The van der Waals surface area contributed by atoms with Gasteiger partial charge in [-0.25, -0.2) is 0 Å². The number of anilines is 2. The Kier molecular flexibility index (Phi) is 4.21. The van der Waals surface area contributed by atoms with Gasteiger partial charge in [-0.3, -0.25) is 4.68 Å². The van der Waals surface area contributed by atoms with Crippen LogP contribution in [0.1, 0.15) is 39.8 Å². The van der Waals surface area contributed by atoms with Gasteiger partial charge in [0.2, 0.25) is 0 Å². The van der Waals surface area contributed by atoms with Gasteiger partial charge in [0.1, 0.15) is 5.82 Å². The summed E-state index contributed by atoms with van der Waals surface area (Å²) < 4.78 is 1.85. The van der Waals surface area contributed by atoms with Gasteiger partial charge < -0.3 is 11.1 Å². The number of nitrogens with one attached hydrogen (secondary N) is 1. The molecule has 0 radical (unpaired) electrons. The molecule has 92 valence electrons. The van der Waals surface area contributed by atoms with Crippen LogP contribution in [0.5, 0.6) is 0 Å². The van der Waals surface area contributed by atoms with Crippen molar-refractivity contribution in [1.29, 1.82) is 0 Å². The molecular weight excluding hydrogens is 200 g/mol. The molecule has 0 aliphatic rings. The number of aromatic nitrogens is 2. The van der Waals surface area contributed by atoms with Crippen molar-refractivity contribution in [3.63, 3.8) is 0 Å². The number of nitrogens with two attached hydrogens (primary N) is 1. The van der Waals surface area contributed by atoms with E-state index in [2.05, 4.69) is 38.1 Å². The Balaban J connectivity index is 2.87. The van der Waals surface area contributed by atoms with Crippen molar-refractivity contribution in [3.05, 3.63) is 5.69 Å². The van der Waals surface area contributed by atoms with Crippen LogP contribution in [0.4, 0.5) is 11.5 Å². The molecule has 3 N–H and O–H groups in total. The van der Waals surface area contributed by atoms with E-state index in [9.17, 15) is 0 Å². The molecule has 0 aliphatic carbocycles. The van der Waals surface area contributed by atoms with Crippen LogP contribution in [0, 0.1) is 5.92 Å². The monoisotopic (exact) mass is 224 g/mol. The molecule has 1 heterocycles. The topological polar surface area (TPSA) is 55.9 Å². The predicted molar refractivity (Wildman–Crippen MR) is 69.5 cm³/mol. The minimum Gasteiger partial charge on any atom is -0.394 e. The van der Waals surface area contributed by atoms with Crippen LogP contribution in [0.2, 0.25) is 0 Å². The summed E-state index contributed by atoms with van der Waals surface area (Å²) in [5, 5.41) is 7.87. The summed E-state index contributed by atoms with van der Waals surface area (Å²) in [4.78, 5) is 0. The predicted octanol–water partition coefficient (Wildman–Crippen LogP) is 2.41. The van der Waals surface area contributed by atoms with Crippen LogP contribution >= 0.6 is 0 Å². The minimum atomic E-state index is 0.396. The fraction of sp³-hybridized carbons (Fsp3) is 0.750. The van der Waals surface area contributed by atoms with Gasteiger partial charge in [0.15, 0.2) is 0 Å². The molecule has 0 amide bonds. The zero-order chi connectivity index (χ0) is 12.3. The SMILES string of the molecule is CCCc1nn(C)c(NC(C)C(C)C)c1N. The van der Waals surface area contributed by atoms with Gasteiger partial charge in [0, 0.05) is 13.1 Å². The summed E-state index contributed by atoms with van der Waals surface area (Å²) in [7, 11) is 1.94. The van der Waals surface area contributed by atoms with Crippen LogP contribution in [0.15, 0.2) is 0 Å². The highest BCUT2D eigenvalue weighted by atomic mass is 15.3. The molecule has 4 nitrogen and oxygen atoms in total. The van der Waals surface area contributed by atoms with Crippen LogP contribution < -0.4 is 11.1 Å². The summed E-state index contributed by atoms with van der Waals surface area (Å²) in [6.45, 7) is 8.68. The molecule has 0 aliphatic heterocycles. The van der Waals surface area contributed by atoms with Crippen LogP contribution in [-0.4, -0.2) is 15.8 Å². The molecule has 16 heavy (non-hydrogen) atoms. The third-order valence-electron chi connectivity index (χ3n) is 3.01. The molecule has 0 saturated heterocycles. The maximum absolute atomic E-state index is 6.09. The van der Waals surface area contributed by atoms with Crippen molar-refractivity contribution >= 4 is 11.5 Å². The van der Waals surface area contributed by atoms with E-state index in [1.807, 2.05) is 11.7 Å². The molecule has 0 aromatic carbocycles.